The molecule has 3 aromatic rings. The molecule has 0 saturated heterocycles. The molecule has 4 nitrogen and oxygen atoms in total. The summed E-state index contributed by atoms with van der Waals surface area (Å²) in [5, 5.41) is 3.52. The van der Waals surface area contributed by atoms with Crippen LogP contribution < -0.4 is 5.56 Å². The van der Waals surface area contributed by atoms with E-state index >= 15 is 0 Å². The van der Waals surface area contributed by atoms with Gasteiger partial charge in [0, 0.05) is 29.8 Å². The van der Waals surface area contributed by atoms with Crippen LogP contribution in [0.5, 0.6) is 0 Å². The molecule has 0 atom stereocenters. The van der Waals surface area contributed by atoms with E-state index in [1.165, 1.54) is 10.6 Å². The lowest BCUT2D eigenvalue weighted by atomic mass is 10.0. The highest BCUT2D eigenvalue weighted by atomic mass is 35.5. The first-order chi connectivity index (χ1) is 9.15. The van der Waals surface area contributed by atoms with Gasteiger partial charge in [-0.15, -0.1) is 0 Å². The third-order valence-electron chi connectivity index (χ3n) is 3.14. The number of H-pyrrole nitrogens is 1. The van der Waals surface area contributed by atoms with Crippen LogP contribution in [-0.4, -0.2) is 14.6 Å². The summed E-state index contributed by atoms with van der Waals surface area (Å²) >= 11 is 6.20. The maximum Gasteiger partial charge on any atom is 0.272 e. The molecule has 0 aliphatic carbocycles. The molecule has 0 bridgehead atoms. The van der Waals surface area contributed by atoms with E-state index in [0.29, 0.717) is 17.1 Å². The molecule has 5 heteroatoms. The van der Waals surface area contributed by atoms with E-state index in [9.17, 15) is 4.79 Å². The Bertz CT molecular complexity index is 784. The minimum atomic E-state index is -0.116. The second-order valence-electron chi connectivity index (χ2n) is 4.45. The molecule has 0 fully saturated rings. The summed E-state index contributed by atoms with van der Waals surface area (Å²) in [6, 6.07) is 9.07. The maximum atomic E-state index is 11.9. The molecule has 2 aromatic heterocycles. The van der Waals surface area contributed by atoms with Crippen molar-refractivity contribution >= 4 is 17.2 Å². The van der Waals surface area contributed by atoms with Gasteiger partial charge in [0.2, 0.25) is 0 Å². The second-order valence-corrected chi connectivity index (χ2v) is 4.86. The Morgan fingerprint density at radius 2 is 2.21 bits per heavy atom. The van der Waals surface area contributed by atoms with Crippen LogP contribution in [0.15, 0.2) is 41.3 Å². The van der Waals surface area contributed by atoms with Gasteiger partial charge >= 0.3 is 0 Å². The Balaban J connectivity index is 2.08. The maximum absolute atomic E-state index is 11.9. The summed E-state index contributed by atoms with van der Waals surface area (Å²) in [5.41, 5.74) is 3.34. The summed E-state index contributed by atoms with van der Waals surface area (Å²) < 4.78 is 1.41. The Labute approximate surface area is 114 Å². The van der Waals surface area contributed by atoms with Crippen molar-refractivity contribution in [1.29, 1.82) is 0 Å². The number of nitrogens with zero attached hydrogens (tertiary/aromatic N) is 2. The van der Waals surface area contributed by atoms with E-state index in [0.717, 1.165) is 16.8 Å². The minimum absolute atomic E-state index is 0.116. The van der Waals surface area contributed by atoms with Crippen molar-refractivity contribution in [3.63, 3.8) is 0 Å². The third kappa shape index (κ3) is 2.15. The van der Waals surface area contributed by atoms with Crippen LogP contribution in [0.1, 0.15) is 16.8 Å². The highest BCUT2D eigenvalue weighted by Crippen LogP contribution is 2.21. The monoisotopic (exact) mass is 273 g/mol. The molecular weight excluding hydrogens is 262 g/mol. The summed E-state index contributed by atoms with van der Waals surface area (Å²) in [7, 11) is 0. The first-order valence-corrected chi connectivity index (χ1v) is 6.33. The lowest BCUT2D eigenvalue weighted by Gasteiger charge is -2.07. The second kappa shape index (κ2) is 4.55. The van der Waals surface area contributed by atoms with Crippen molar-refractivity contribution in [1.82, 2.24) is 14.6 Å². The fraction of sp³-hybridized carbons (Fsp3) is 0.143. The summed E-state index contributed by atoms with van der Waals surface area (Å²) in [6.45, 7) is 2.00. The lowest BCUT2D eigenvalue weighted by molar-refractivity contribution is 0.880. The van der Waals surface area contributed by atoms with E-state index in [-0.39, 0.29) is 5.56 Å². The van der Waals surface area contributed by atoms with Crippen molar-refractivity contribution < 1.29 is 0 Å². The molecule has 0 aliphatic heterocycles. The molecule has 3 rings (SSSR count). The molecule has 1 aromatic carbocycles. The van der Waals surface area contributed by atoms with Gasteiger partial charge in [0.15, 0.2) is 5.65 Å². The molecule has 19 heavy (non-hydrogen) atoms. The number of hydrogen-bond donors (Lipinski definition) is 1. The fourth-order valence-electron chi connectivity index (χ4n) is 2.14. The Kier molecular flexibility index (Phi) is 2.87. The van der Waals surface area contributed by atoms with Gasteiger partial charge < -0.3 is 0 Å². The van der Waals surface area contributed by atoms with Gasteiger partial charge in [-0.2, -0.15) is 0 Å². The molecule has 0 aliphatic rings. The number of benzene rings is 1. The van der Waals surface area contributed by atoms with E-state index in [1.54, 1.807) is 12.3 Å². The topological polar surface area (TPSA) is 50.2 Å². The number of fused-ring (bicyclic) bond motifs is 1. The van der Waals surface area contributed by atoms with Crippen LogP contribution in [-0.2, 0) is 6.42 Å². The number of aromatic nitrogens is 3. The normalized spacial score (nSPS) is 11.1. The first kappa shape index (κ1) is 12.0. The highest BCUT2D eigenvalue weighted by Gasteiger charge is 2.08. The third-order valence-corrected chi connectivity index (χ3v) is 3.50. The first-order valence-electron chi connectivity index (χ1n) is 5.95. The minimum Gasteiger partial charge on any atom is -0.297 e. The Morgan fingerprint density at radius 1 is 1.37 bits per heavy atom. The van der Waals surface area contributed by atoms with Crippen molar-refractivity contribution in [2.24, 2.45) is 0 Å². The predicted molar refractivity (Wildman–Crippen MR) is 74.8 cm³/mol. The average molecular weight is 274 g/mol. The predicted octanol–water partition coefficient (Wildman–Crippen LogP) is 2.58. The zero-order valence-electron chi connectivity index (χ0n) is 10.4. The fourth-order valence-corrected chi connectivity index (χ4v) is 2.43. The van der Waals surface area contributed by atoms with Crippen LogP contribution in [0, 0.1) is 6.92 Å². The molecule has 96 valence electrons. The molecule has 2 heterocycles. The van der Waals surface area contributed by atoms with E-state index in [4.69, 9.17) is 11.6 Å². The molecule has 1 N–H and O–H groups in total. The van der Waals surface area contributed by atoms with E-state index < -0.39 is 0 Å². The molecule has 0 saturated carbocycles. The standard InChI is InChI=1S/C14H12ClN3O/c1-9-3-2-4-12(15)11(9)7-10-8-14(19)18-13(17-10)5-6-16-18/h2-6,8,16H,7H2,1H3. The van der Waals surface area contributed by atoms with Crippen LogP contribution in [0.25, 0.3) is 5.65 Å². The number of nitrogens with one attached hydrogen (secondary N) is 1. The number of aryl methyl sites for hydroxylation is 1. The van der Waals surface area contributed by atoms with Gasteiger partial charge in [-0.25, -0.2) is 9.50 Å². The Hall–Kier alpha value is -2.07. The van der Waals surface area contributed by atoms with Crippen molar-refractivity contribution in [2.45, 2.75) is 13.3 Å². The lowest BCUT2D eigenvalue weighted by Crippen LogP contribution is -2.15. The average Bonchev–Trinajstić information content (AvgIpc) is 2.83. The number of aromatic amines is 1. The zero-order chi connectivity index (χ0) is 13.4. The van der Waals surface area contributed by atoms with Gasteiger partial charge in [-0.3, -0.25) is 9.89 Å². The van der Waals surface area contributed by atoms with Crippen molar-refractivity contribution in [3.05, 3.63) is 68.7 Å². The zero-order valence-corrected chi connectivity index (χ0v) is 11.1. The molecule has 0 radical (unpaired) electrons. The Morgan fingerprint density at radius 3 is 3.00 bits per heavy atom. The molecule has 0 amide bonds. The molecule has 0 unspecified atom stereocenters. The smallest absolute Gasteiger partial charge is 0.272 e. The summed E-state index contributed by atoms with van der Waals surface area (Å²) in [5.74, 6) is 0. The van der Waals surface area contributed by atoms with E-state index in [2.05, 4.69) is 10.1 Å². The van der Waals surface area contributed by atoms with Crippen molar-refractivity contribution in [3.8, 4) is 0 Å². The summed E-state index contributed by atoms with van der Waals surface area (Å²) in [6.07, 6.45) is 2.25. The van der Waals surface area contributed by atoms with Crippen molar-refractivity contribution in [2.75, 3.05) is 0 Å². The van der Waals surface area contributed by atoms with Crippen LogP contribution in [0.2, 0.25) is 5.02 Å². The van der Waals surface area contributed by atoms with Gasteiger partial charge in [-0.05, 0) is 24.1 Å². The van der Waals surface area contributed by atoms with Gasteiger partial charge in [0.05, 0.1) is 5.69 Å². The van der Waals surface area contributed by atoms with Crippen LogP contribution in [0.3, 0.4) is 0 Å². The quantitative estimate of drug-likeness (QED) is 0.780. The number of hydrogen-bond acceptors (Lipinski definition) is 2. The van der Waals surface area contributed by atoms with Crippen LogP contribution >= 0.6 is 11.6 Å². The number of rotatable bonds is 2. The van der Waals surface area contributed by atoms with Gasteiger partial charge in [0.1, 0.15) is 0 Å². The number of halogens is 1. The van der Waals surface area contributed by atoms with Crippen LogP contribution in [0.4, 0.5) is 0 Å². The largest absolute Gasteiger partial charge is 0.297 e. The SMILES string of the molecule is Cc1cccc(Cl)c1Cc1cc(=O)n2[nH]ccc2n1. The molecular formula is C14H12ClN3O. The van der Waals surface area contributed by atoms with Gasteiger partial charge in [0.25, 0.3) is 5.56 Å². The summed E-state index contributed by atoms with van der Waals surface area (Å²) in [4.78, 5) is 16.3. The van der Waals surface area contributed by atoms with E-state index in [1.807, 2.05) is 25.1 Å². The van der Waals surface area contributed by atoms with Gasteiger partial charge in [-0.1, -0.05) is 23.7 Å². The highest BCUT2D eigenvalue weighted by molar-refractivity contribution is 6.31. The molecule has 0 spiro atoms.